The van der Waals surface area contributed by atoms with Crippen LogP contribution < -0.4 is 20.9 Å². The number of rotatable bonds is 4. The van der Waals surface area contributed by atoms with E-state index in [0.29, 0.717) is 48.8 Å². The lowest BCUT2D eigenvalue weighted by Gasteiger charge is -2.19. The zero-order chi connectivity index (χ0) is 17.1. The molecule has 24 heavy (non-hydrogen) atoms. The van der Waals surface area contributed by atoms with Crippen molar-refractivity contribution in [2.75, 3.05) is 20.2 Å². The Labute approximate surface area is 139 Å². The van der Waals surface area contributed by atoms with Crippen LogP contribution in [0.5, 0.6) is 5.75 Å². The van der Waals surface area contributed by atoms with Crippen LogP contribution >= 0.6 is 0 Å². The average molecular weight is 331 g/mol. The van der Waals surface area contributed by atoms with Gasteiger partial charge in [0.15, 0.2) is 0 Å². The van der Waals surface area contributed by atoms with Crippen LogP contribution in [-0.4, -0.2) is 30.7 Å². The minimum absolute atomic E-state index is 0.152. The van der Waals surface area contributed by atoms with E-state index in [1.54, 1.807) is 16.9 Å². The summed E-state index contributed by atoms with van der Waals surface area (Å²) in [6.07, 6.45) is 2.16. The number of hydrogen-bond donors (Lipinski definition) is 2. The van der Waals surface area contributed by atoms with E-state index in [1.165, 1.54) is 13.2 Å². The van der Waals surface area contributed by atoms with Gasteiger partial charge in [0.1, 0.15) is 17.1 Å². The molecule has 2 aromatic heterocycles. The zero-order valence-electron chi connectivity index (χ0n) is 13.8. The molecule has 0 aliphatic carbocycles. The summed E-state index contributed by atoms with van der Waals surface area (Å²) >= 11 is 0. The summed E-state index contributed by atoms with van der Waals surface area (Å²) < 4.78 is 12.3. The van der Waals surface area contributed by atoms with E-state index in [0.717, 1.165) is 0 Å². The molecule has 7 nitrogen and oxygen atoms in total. The van der Waals surface area contributed by atoms with Crippen molar-refractivity contribution in [1.82, 2.24) is 15.2 Å². The summed E-state index contributed by atoms with van der Waals surface area (Å²) in [6, 6.07) is 4.68. The molecule has 0 bridgehead atoms. The summed E-state index contributed by atoms with van der Waals surface area (Å²) in [5.74, 6) is 0.696. The molecule has 7 heteroatoms. The molecule has 0 saturated carbocycles. The Morgan fingerprint density at radius 2 is 2.29 bits per heavy atom. The molecule has 1 amide bonds. The number of hydrogen-bond acceptors (Lipinski definition) is 5. The number of pyridine rings is 1. The van der Waals surface area contributed by atoms with Gasteiger partial charge in [-0.15, -0.1) is 0 Å². The molecule has 3 rings (SSSR count). The van der Waals surface area contributed by atoms with Crippen molar-refractivity contribution in [2.45, 2.75) is 25.9 Å². The molecule has 0 spiro atoms. The van der Waals surface area contributed by atoms with Crippen LogP contribution in [0.1, 0.15) is 34.8 Å². The van der Waals surface area contributed by atoms with Gasteiger partial charge in [-0.2, -0.15) is 0 Å². The van der Waals surface area contributed by atoms with E-state index >= 15 is 0 Å². The van der Waals surface area contributed by atoms with Crippen molar-refractivity contribution in [3.8, 4) is 5.75 Å². The van der Waals surface area contributed by atoms with Gasteiger partial charge in [-0.3, -0.25) is 9.59 Å². The summed E-state index contributed by atoms with van der Waals surface area (Å²) in [4.78, 5) is 25.1. The number of furan rings is 1. The number of nitrogens with zero attached hydrogens (tertiary/aromatic N) is 1. The van der Waals surface area contributed by atoms with E-state index < -0.39 is 0 Å². The van der Waals surface area contributed by atoms with Crippen LogP contribution in [0.4, 0.5) is 0 Å². The van der Waals surface area contributed by atoms with Crippen LogP contribution in [-0.2, 0) is 13.0 Å². The fourth-order valence-electron chi connectivity index (χ4n) is 2.98. The molecule has 0 saturated heterocycles. The number of fused-ring (bicyclic) bond motifs is 1. The first-order valence-electron chi connectivity index (χ1n) is 7.97. The Morgan fingerprint density at radius 3 is 3.00 bits per heavy atom. The second-order valence-electron chi connectivity index (χ2n) is 5.73. The number of methoxy groups -OCH3 is 1. The highest BCUT2D eigenvalue weighted by atomic mass is 16.5. The summed E-state index contributed by atoms with van der Waals surface area (Å²) in [5.41, 5.74) is 0.967. The van der Waals surface area contributed by atoms with Gasteiger partial charge in [0, 0.05) is 37.8 Å². The van der Waals surface area contributed by atoms with Crippen molar-refractivity contribution >= 4 is 5.91 Å². The average Bonchev–Trinajstić information content (AvgIpc) is 2.99. The number of carbonyl (C=O) groups is 1. The smallest absolute Gasteiger partial charge is 0.257 e. The van der Waals surface area contributed by atoms with Gasteiger partial charge in [-0.05, 0) is 19.1 Å². The van der Waals surface area contributed by atoms with E-state index in [1.807, 2.05) is 13.0 Å². The fraction of sp³-hybridized carbons (Fsp3) is 0.412. The van der Waals surface area contributed by atoms with Crippen molar-refractivity contribution < 1.29 is 13.9 Å². The Kier molecular flexibility index (Phi) is 4.71. The number of amides is 1. The lowest BCUT2D eigenvalue weighted by atomic mass is 10.1. The van der Waals surface area contributed by atoms with E-state index in [9.17, 15) is 9.59 Å². The molecule has 2 N–H and O–H groups in total. The molecular formula is C17H21N3O4. The largest absolute Gasteiger partial charge is 0.496 e. The molecule has 0 unspecified atom stereocenters. The molecule has 1 aliphatic rings. The van der Waals surface area contributed by atoms with E-state index in [-0.39, 0.29) is 17.5 Å². The molecule has 1 atom stereocenters. The predicted molar refractivity (Wildman–Crippen MR) is 88.4 cm³/mol. The predicted octanol–water partition coefficient (Wildman–Crippen LogP) is 1.09. The van der Waals surface area contributed by atoms with Gasteiger partial charge in [0.2, 0.25) is 0 Å². The van der Waals surface area contributed by atoms with Gasteiger partial charge in [0.05, 0.1) is 19.4 Å². The molecule has 128 valence electrons. The fourth-order valence-corrected chi connectivity index (χ4v) is 2.98. The number of nitrogens with one attached hydrogen (secondary N) is 2. The van der Waals surface area contributed by atoms with Crippen LogP contribution in [0, 0.1) is 0 Å². The Balaban J connectivity index is 1.99. The quantitative estimate of drug-likeness (QED) is 0.876. The SMILES string of the molecule is COc1cc(=O)n2c(c1C(=O)N[C@H](C)c1ccco1)CCNCC2. The topological polar surface area (TPSA) is 85.5 Å². The third-order valence-corrected chi connectivity index (χ3v) is 4.20. The van der Waals surface area contributed by atoms with Gasteiger partial charge in [0.25, 0.3) is 11.5 Å². The number of aromatic nitrogens is 1. The number of carbonyl (C=O) groups excluding carboxylic acids is 1. The lowest BCUT2D eigenvalue weighted by Crippen LogP contribution is -2.32. The minimum atomic E-state index is -0.284. The second-order valence-corrected chi connectivity index (χ2v) is 5.73. The van der Waals surface area contributed by atoms with E-state index in [2.05, 4.69) is 10.6 Å². The number of ether oxygens (including phenoxy) is 1. The first kappa shape index (κ1) is 16.3. The highest BCUT2D eigenvalue weighted by molar-refractivity contribution is 5.98. The third kappa shape index (κ3) is 3.07. The van der Waals surface area contributed by atoms with Gasteiger partial charge in [-0.25, -0.2) is 0 Å². The molecule has 3 heterocycles. The third-order valence-electron chi connectivity index (χ3n) is 4.20. The Morgan fingerprint density at radius 1 is 1.46 bits per heavy atom. The highest BCUT2D eigenvalue weighted by Gasteiger charge is 2.25. The maximum Gasteiger partial charge on any atom is 0.257 e. The first-order valence-corrected chi connectivity index (χ1v) is 7.97. The lowest BCUT2D eigenvalue weighted by molar-refractivity contribution is 0.0930. The Hall–Kier alpha value is -2.54. The van der Waals surface area contributed by atoms with Crippen molar-refractivity contribution in [1.29, 1.82) is 0 Å². The first-order chi connectivity index (χ1) is 11.6. The molecule has 1 aliphatic heterocycles. The molecule has 2 aromatic rings. The second kappa shape index (κ2) is 6.92. The standard InChI is InChI=1S/C17H21N3O4/c1-11(13-4-3-9-24-13)19-17(22)16-12-5-6-18-7-8-20(12)15(21)10-14(16)23-2/h3-4,9-11,18H,5-8H2,1-2H3,(H,19,22)/t11-/m1/s1. The maximum atomic E-state index is 12.9. The Bertz CT molecular complexity index is 780. The van der Waals surface area contributed by atoms with Crippen molar-refractivity contribution in [3.05, 3.63) is 51.8 Å². The maximum absolute atomic E-state index is 12.9. The molecule has 0 radical (unpaired) electrons. The van der Waals surface area contributed by atoms with Gasteiger partial charge >= 0.3 is 0 Å². The normalized spacial score (nSPS) is 15.2. The van der Waals surface area contributed by atoms with Crippen molar-refractivity contribution in [3.63, 3.8) is 0 Å². The zero-order valence-corrected chi connectivity index (χ0v) is 13.8. The van der Waals surface area contributed by atoms with E-state index in [4.69, 9.17) is 9.15 Å². The molecule has 0 fully saturated rings. The molecule has 0 aromatic carbocycles. The highest BCUT2D eigenvalue weighted by Crippen LogP contribution is 2.23. The van der Waals surface area contributed by atoms with Crippen molar-refractivity contribution in [2.24, 2.45) is 0 Å². The van der Waals surface area contributed by atoms with Crippen LogP contribution in [0.3, 0.4) is 0 Å². The molecular weight excluding hydrogens is 310 g/mol. The summed E-state index contributed by atoms with van der Waals surface area (Å²) in [5, 5.41) is 6.16. The summed E-state index contributed by atoms with van der Waals surface area (Å²) in [6.45, 7) is 3.79. The summed E-state index contributed by atoms with van der Waals surface area (Å²) in [7, 11) is 1.47. The van der Waals surface area contributed by atoms with Gasteiger partial charge < -0.3 is 24.4 Å². The van der Waals surface area contributed by atoms with Crippen LogP contribution in [0.15, 0.2) is 33.7 Å². The van der Waals surface area contributed by atoms with Crippen LogP contribution in [0.2, 0.25) is 0 Å². The monoisotopic (exact) mass is 331 g/mol. The van der Waals surface area contributed by atoms with Crippen LogP contribution in [0.25, 0.3) is 0 Å². The van der Waals surface area contributed by atoms with Gasteiger partial charge in [-0.1, -0.05) is 0 Å². The minimum Gasteiger partial charge on any atom is -0.496 e.